The minimum Gasteiger partial charge on any atom is -0.396 e. The predicted molar refractivity (Wildman–Crippen MR) is 81.7 cm³/mol. The zero-order valence-corrected chi connectivity index (χ0v) is 12.7. The van der Waals surface area contributed by atoms with Crippen molar-refractivity contribution in [3.05, 3.63) is 40.4 Å². The Bertz CT molecular complexity index is 432. The van der Waals surface area contributed by atoms with Gasteiger partial charge in [-0.3, -0.25) is 4.79 Å². The second-order valence-corrected chi connectivity index (χ2v) is 5.24. The SMILES string of the molecule is CCC(CCO)CNC(=O)C=Cc1ccccc1Br. The third-order valence-corrected chi connectivity index (χ3v) is 3.72. The van der Waals surface area contributed by atoms with Gasteiger partial charge < -0.3 is 10.4 Å². The highest BCUT2D eigenvalue weighted by Crippen LogP contribution is 2.16. The number of aliphatic hydroxyl groups excluding tert-OH is 1. The van der Waals surface area contributed by atoms with E-state index in [1.165, 1.54) is 6.08 Å². The number of halogens is 1. The monoisotopic (exact) mass is 325 g/mol. The summed E-state index contributed by atoms with van der Waals surface area (Å²) in [7, 11) is 0. The van der Waals surface area contributed by atoms with Crippen LogP contribution in [-0.4, -0.2) is 24.2 Å². The predicted octanol–water partition coefficient (Wildman–Crippen LogP) is 2.99. The largest absolute Gasteiger partial charge is 0.396 e. The molecule has 0 aromatic heterocycles. The van der Waals surface area contributed by atoms with E-state index in [0.29, 0.717) is 12.5 Å². The maximum atomic E-state index is 11.7. The zero-order valence-electron chi connectivity index (χ0n) is 11.1. The van der Waals surface area contributed by atoms with Gasteiger partial charge >= 0.3 is 0 Å². The van der Waals surface area contributed by atoms with Crippen molar-refractivity contribution in [3.8, 4) is 0 Å². The highest BCUT2D eigenvalue weighted by atomic mass is 79.9. The van der Waals surface area contributed by atoms with Gasteiger partial charge in [0.25, 0.3) is 0 Å². The number of benzene rings is 1. The number of carbonyl (C=O) groups is 1. The van der Waals surface area contributed by atoms with Crippen molar-refractivity contribution in [1.29, 1.82) is 0 Å². The Morgan fingerprint density at radius 1 is 1.47 bits per heavy atom. The van der Waals surface area contributed by atoms with Gasteiger partial charge in [-0.25, -0.2) is 0 Å². The first-order valence-electron chi connectivity index (χ1n) is 6.48. The summed E-state index contributed by atoms with van der Waals surface area (Å²) in [4.78, 5) is 11.7. The lowest BCUT2D eigenvalue weighted by molar-refractivity contribution is -0.116. The molecule has 0 saturated carbocycles. The zero-order chi connectivity index (χ0) is 14.1. The fourth-order valence-corrected chi connectivity index (χ4v) is 2.13. The van der Waals surface area contributed by atoms with Crippen molar-refractivity contribution in [2.45, 2.75) is 19.8 Å². The first-order valence-corrected chi connectivity index (χ1v) is 7.28. The molecule has 0 aliphatic heterocycles. The van der Waals surface area contributed by atoms with Crippen LogP contribution in [0, 0.1) is 5.92 Å². The molecule has 4 heteroatoms. The molecule has 1 unspecified atom stereocenters. The Kier molecular flexibility index (Phi) is 7.45. The van der Waals surface area contributed by atoms with Crippen molar-refractivity contribution in [2.24, 2.45) is 5.92 Å². The Morgan fingerprint density at radius 3 is 2.84 bits per heavy atom. The molecule has 1 aromatic carbocycles. The lowest BCUT2D eigenvalue weighted by atomic mass is 10.0. The standard InChI is InChI=1S/C15H20BrNO2/c1-2-12(9-10-18)11-17-15(19)8-7-13-5-3-4-6-14(13)16/h3-8,12,18H,2,9-11H2,1H3,(H,17,19). The average Bonchev–Trinajstić information content (AvgIpc) is 2.42. The highest BCUT2D eigenvalue weighted by Gasteiger charge is 2.06. The molecule has 1 amide bonds. The van der Waals surface area contributed by atoms with Crippen LogP contribution >= 0.6 is 15.9 Å². The third-order valence-electron chi connectivity index (χ3n) is 3.00. The van der Waals surface area contributed by atoms with E-state index in [1.807, 2.05) is 24.3 Å². The van der Waals surface area contributed by atoms with Gasteiger partial charge in [-0.05, 0) is 30.0 Å². The summed E-state index contributed by atoms with van der Waals surface area (Å²) < 4.78 is 0.964. The van der Waals surface area contributed by atoms with Gasteiger partial charge in [-0.1, -0.05) is 47.5 Å². The normalized spacial score (nSPS) is 12.6. The summed E-state index contributed by atoms with van der Waals surface area (Å²) in [5.41, 5.74) is 0.972. The van der Waals surface area contributed by atoms with Crippen molar-refractivity contribution >= 4 is 27.9 Å². The second kappa shape index (κ2) is 8.88. The summed E-state index contributed by atoms with van der Waals surface area (Å²) in [5.74, 6) is 0.234. The van der Waals surface area contributed by atoms with Crippen LogP contribution in [0.5, 0.6) is 0 Å². The van der Waals surface area contributed by atoms with Crippen LogP contribution in [0.2, 0.25) is 0 Å². The van der Waals surface area contributed by atoms with Crippen molar-refractivity contribution in [3.63, 3.8) is 0 Å². The van der Waals surface area contributed by atoms with E-state index in [0.717, 1.165) is 22.9 Å². The molecule has 1 atom stereocenters. The molecule has 2 N–H and O–H groups in total. The van der Waals surface area contributed by atoms with Crippen molar-refractivity contribution in [1.82, 2.24) is 5.32 Å². The van der Waals surface area contributed by atoms with Crippen LogP contribution in [0.25, 0.3) is 6.08 Å². The number of carbonyl (C=O) groups excluding carboxylic acids is 1. The molecule has 0 fully saturated rings. The molecule has 3 nitrogen and oxygen atoms in total. The smallest absolute Gasteiger partial charge is 0.244 e. The van der Waals surface area contributed by atoms with Gasteiger partial charge in [-0.15, -0.1) is 0 Å². The number of rotatable bonds is 7. The number of hydrogen-bond donors (Lipinski definition) is 2. The van der Waals surface area contributed by atoms with Crippen LogP contribution in [-0.2, 0) is 4.79 Å². The molecule has 0 heterocycles. The number of hydrogen-bond acceptors (Lipinski definition) is 2. The molecule has 0 aliphatic rings. The van der Waals surface area contributed by atoms with E-state index in [9.17, 15) is 4.79 Å². The van der Waals surface area contributed by atoms with E-state index in [1.54, 1.807) is 6.08 Å². The highest BCUT2D eigenvalue weighted by molar-refractivity contribution is 9.10. The van der Waals surface area contributed by atoms with Crippen LogP contribution in [0.4, 0.5) is 0 Å². The van der Waals surface area contributed by atoms with Gasteiger partial charge in [0, 0.05) is 23.7 Å². The first kappa shape index (κ1) is 15.9. The van der Waals surface area contributed by atoms with Crippen LogP contribution in [0.15, 0.2) is 34.8 Å². The lowest BCUT2D eigenvalue weighted by Crippen LogP contribution is -2.28. The van der Waals surface area contributed by atoms with Crippen molar-refractivity contribution in [2.75, 3.05) is 13.2 Å². The summed E-state index contributed by atoms with van der Waals surface area (Å²) in [6.45, 7) is 2.83. The van der Waals surface area contributed by atoms with Gasteiger partial charge in [-0.2, -0.15) is 0 Å². The number of amides is 1. The molecular weight excluding hydrogens is 306 g/mol. The lowest BCUT2D eigenvalue weighted by Gasteiger charge is -2.13. The molecule has 0 saturated heterocycles. The van der Waals surface area contributed by atoms with E-state index < -0.39 is 0 Å². The summed E-state index contributed by atoms with van der Waals surface area (Å²) in [6, 6.07) is 7.74. The molecule has 1 rings (SSSR count). The molecule has 104 valence electrons. The van der Waals surface area contributed by atoms with E-state index in [-0.39, 0.29) is 12.5 Å². The topological polar surface area (TPSA) is 49.3 Å². The van der Waals surface area contributed by atoms with E-state index in [2.05, 4.69) is 28.2 Å². The average molecular weight is 326 g/mol. The maximum absolute atomic E-state index is 11.7. The van der Waals surface area contributed by atoms with Crippen molar-refractivity contribution < 1.29 is 9.90 Å². The minimum atomic E-state index is -0.104. The fraction of sp³-hybridized carbons (Fsp3) is 0.400. The van der Waals surface area contributed by atoms with Gasteiger partial charge in [0.05, 0.1) is 0 Å². The van der Waals surface area contributed by atoms with Crippen LogP contribution < -0.4 is 5.32 Å². The second-order valence-electron chi connectivity index (χ2n) is 4.39. The molecule has 19 heavy (non-hydrogen) atoms. The fourth-order valence-electron chi connectivity index (χ4n) is 1.71. The van der Waals surface area contributed by atoms with Gasteiger partial charge in [0.1, 0.15) is 0 Å². The van der Waals surface area contributed by atoms with Gasteiger partial charge in [0.2, 0.25) is 5.91 Å². The Labute approximate surface area is 122 Å². The molecule has 0 spiro atoms. The van der Waals surface area contributed by atoms with Crippen LogP contribution in [0.3, 0.4) is 0 Å². The summed E-state index contributed by atoms with van der Waals surface area (Å²) in [6.07, 6.45) is 5.00. The Morgan fingerprint density at radius 2 is 2.21 bits per heavy atom. The maximum Gasteiger partial charge on any atom is 0.244 e. The first-order chi connectivity index (χ1) is 9.17. The molecular formula is C15H20BrNO2. The molecule has 0 bridgehead atoms. The summed E-state index contributed by atoms with van der Waals surface area (Å²) >= 11 is 3.43. The molecule has 0 radical (unpaired) electrons. The van der Waals surface area contributed by atoms with E-state index in [4.69, 9.17) is 5.11 Å². The van der Waals surface area contributed by atoms with E-state index >= 15 is 0 Å². The number of nitrogens with one attached hydrogen (secondary N) is 1. The van der Waals surface area contributed by atoms with Crippen LogP contribution in [0.1, 0.15) is 25.3 Å². The Hall–Kier alpha value is -1.13. The minimum absolute atomic E-state index is 0.104. The number of aliphatic hydroxyl groups is 1. The molecule has 1 aromatic rings. The summed E-state index contributed by atoms with van der Waals surface area (Å²) in [5, 5.41) is 11.7. The quantitative estimate of drug-likeness (QED) is 0.757. The Balaban J connectivity index is 2.45. The molecule has 0 aliphatic carbocycles. The third kappa shape index (κ3) is 6.03. The van der Waals surface area contributed by atoms with Gasteiger partial charge in [0.15, 0.2) is 0 Å².